The van der Waals surface area contributed by atoms with Gasteiger partial charge in [0, 0.05) is 0 Å². The van der Waals surface area contributed by atoms with E-state index < -0.39 is 0 Å². The summed E-state index contributed by atoms with van der Waals surface area (Å²) in [5, 5.41) is 0. The number of rotatable bonds is 3. The van der Waals surface area contributed by atoms with E-state index in [1.54, 1.807) is 0 Å². The molecule has 0 spiro atoms. The molecule has 0 fully saturated rings. The zero-order valence-corrected chi connectivity index (χ0v) is 6.65. The van der Waals surface area contributed by atoms with Crippen molar-refractivity contribution < 1.29 is 0 Å². The Morgan fingerprint density at radius 2 is 1.89 bits per heavy atom. The molecule has 0 nitrogen and oxygen atoms in total. The molecule has 52 valence electrons. The highest BCUT2D eigenvalue weighted by molar-refractivity contribution is 4.86. The first-order chi connectivity index (χ1) is 4.35. The van der Waals surface area contributed by atoms with Gasteiger partial charge in [-0.3, -0.25) is 0 Å². The molecule has 0 heteroatoms. The zero-order valence-electron chi connectivity index (χ0n) is 6.65. The van der Waals surface area contributed by atoms with Crippen LogP contribution in [0.5, 0.6) is 0 Å². The molecule has 0 heterocycles. The highest BCUT2D eigenvalue weighted by atomic mass is 14.0. The summed E-state index contributed by atoms with van der Waals surface area (Å²) in [6.45, 7) is 6.42. The van der Waals surface area contributed by atoms with Crippen molar-refractivity contribution >= 4 is 0 Å². The minimum atomic E-state index is 0.737. The maximum atomic E-state index is 3.10. The van der Waals surface area contributed by atoms with E-state index in [2.05, 4.69) is 25.7 Å². The van der Waals surface area contributed by atoms with Crippen LogP contribution in [0.2, 0.25) is 0 Å². The van der Waals surface area contributed by atoms with Gasteiger partial charge >= 0.3 is 0 Å². The summed E-state index contributed by atoms with van der Waals surface area (Å²) >= 11 is 0. The summed E-state index contributed by atoms with van der Waals surface area (Å²) in [6.07, 6.45) is 6.58. The Morgan fingerprint density at radius 1 is 1.33 bits per heavy atom. The van der Waals surface area contributed by atoms with Gasteiger partial charge < -0.3 is 0 Å². The van der Waals surface area contributed by atoms with Crippen LogP contribution in [-0.4, -0.2) is 0 Å². The summed E-state index contributed by atoms with van der Waals surface area (Å²) in [5.41, 5.74) is 3.10. The van der Waals surface area contributed by atoms with Crippen molar-refractivity contribution in [3.05, 3.63) is 17.9 Å². The first-order valence-electron chi connectivity index (χ1n) is 3.72. The van der Waals surface area contributed by atoms with E-state index in [0.717, 1.165) is 5.92 Å². The minimum Gasteiger partial charge on any atom is -0.130 e. The molecule has 0 aromatic carbocycles. The molecule has 0 rings (SSSR count). The average Bonchev–Trinajstić information content (AvgIpc) is 1.91. The summed E-state index contributed by atoms with van der Waals surface area (Å²) in [4.78, 5) is 0. The SMILES string of the molecule is CC=C=CC(CC)CC. The van der Waals surface area contributed by atoms with Crippen LogP contribution in [0.3, 0.4) is 0 Å². The van der Waals surface area contributed by atoms with Crippen molar-refractivity contribution in [2.45, 2.75) is 33.6 Å². The second kappa shape index (κ2) is 5.65. The van der Waals surface area contributed by atoms with Crippen molar-refractivity contribution in [1.82, 2.24) is 0 Å². The molecule has 0 N–H and O–H groups in total. The molecule has 9 heavy (non-hydrogen) atoms. The molecule has 0 aliphatic heterocycles. The Balaban J connectivity index is 3.68. The fourth-order valence-electron chi connectivity index (χ4n) is 0.757. The third-order valence-corrected chi connectivity index (χ3v) is 1.55. The van der Waals surface area contributed by atoms with Gasteiger partial charge in [-0.1, -0.05) is 13.8 Å². The van der Waals surface area contributed by atoms with Gasteiger partial charge in [0.15, 0.2) is 0 Å². The van der Waals surface area contributed by atoms with Gasteiger partial charge in [0.2, 0.25) is 0 Å². The third-order valence-electron chi connectivity index (χ3n) is 1.55. The topological polar surface area (TPSA) is 0 Å². The lowest BCUT2D eigenvalue weighted by atomic mass is 10.0. The predicted molar refractivity (Wildman–Crippen MR) is 42.4 cm³/mol. The maximum Gasteiger partial charge on any atom is -0.0163 e. The van der Waals surface area contributed by atoms with Crippen LogP contribution in [0.4, 0.5) is 0 Å². The Kier molecular flexibility index (Phi) is 5.35. The largest absolute Gasteiger partial charge is 0.130 e. The smallest absolute Gasteiger partial charge is 0.0163 e. The molecule has 0 amide bonds. The molecule has 0 aromatic rings. The molecule has 0 atom stereocenters. The van der Waals surface area contributed by atoms with Crippen molar-refractivity contribution in [3.8, 4) is 0 Å². The Bertz CT molecular complexity index is 101. The Morgan fingerprint density at radius 3 is 2.22 bits per heavy atom. The lowest BCUT2D eigenvalue weighted by Gasteiger charge is -2.01. The van der Waals surface area contributed by atoms with Crippen LogP contribution in [0.15, 0.2) is 17.9 Å². The van der Waals surface area contributed by atoms with Gasteiger partial charge in [-0.05, 0) is 37.8 Å². The van der Waals surface area contributed by atoms with E-state index in [4.69, 9.17) is 0 Å². The minimum absolute atomic E-state index is 0.737. The predicted octanol–water partition coefficient (Wildman–Crippen LogP) is 3.15. The fraction of sp³-hybridized carbons (Fsp3) is 0.667. The zero-order chi connectivity index (χ0) is 7.11. The average molecular weight is 124 g/mol. The van der Waals surface area contributed by atoms with Gasteiger partial charge in [-0.25, -0.2) is 0 Å². The first kappa shape index (κ1) is 8.52. The van der Waals surface area contributed by atoms with Crippen LogP contribution in [-0.2, 0) is 0 Å². The normalized spacial score (nSPS) is 8.89. The highest BCUT2D eigenvalue weighted by Gasteiger charge is 1.93. The van der Waals surface area contributed by atoms with E-state index in [9.17, 15) is 0 Å². The summed E-state index contributed by atoms with van der Waals surface area (Å²) in [7, 11) is 0. The third kappa shape index (κ3) is 4.05. The van der Waals surface area contributed by atoms with Crippen molar-refractivity contribution in [1.29, 1.82) is 0 Å². The molecule has 0 radical (unpaired) electrons. The van der Waals surface area contributed by atoms with Gasteiger partial charge in [-0.2, -0.15) is 0 Å². The monoisotopic (exact) mass is 124 g/mol. The standard InChI is InChI=1S/C9H16/c1-4-7-8-9(5-2)6-3/h4,8-9H,5-6H2,1-3H3. The number of hydrogen-bond acceptors (Lipinski definition) is 0. The Labute approximate surface area is 58.3 Å². The lowest BCUT2D eigenvalue weighted by molar-refractivity contribution is 0.607. The molecule has 0 aliphatic carbocycles. The quantitative estimate of drug-likeness (QED) is 0.507. The molecule has 0 aromatic heterocycles. The van der Waals surface area contributed by atoms with Gasteiger partial charge in [0.05, 0.1) is 0 Å². The molecule has 0 aliphatic rings. The lowest BCUT2D eigenvalue weighted by Crippen LogP contribution is -1.88. The van der Waals surface area contributed by atoms with Crippen LogP contribution >= 0.6 is 0 Å². The van der Waals surface area contributed by atoms with Crippen LogP contribution in [0.1, 0.15) is 33.6 Å². The van der Waals surface area contributed by atoms with Crippen molar-refractivity contribution in [2.75, 3.05) is 0 Å². The van der Waals surface area contributed by atoms with Gasteiger partial charge in [0.1, 0.15) is 0 Å². The molecule has 0 saturated heterocycles. The second-order valence-electron chi connectivity index (χ2n) is 2.20. The van der Waals surface area contributed by atoms with Crippen molar-refractivity contribution in [3.63, 3.8) is 0 Å². The molecule has 0 saturated carbocycles. The summed E-state index contributed by atoms with van der Waals surface area (Å²) in [6, 6.07) is 0. The number of allylic oxidation sites excluding steroid dienone is 1. The van der Waals surface area contributed by atoms with E-state index in [0.29, 0.717) is 0 Å². The Hall–Kier alpha value is -0.480. The van der Waals surface area contributed by atoms with E-state index in [1.807, 2.05) is 13.0 Å². The van der Waals surface area contributed by atoms with E-state index >= 15 is 0 Å². The van der Waals surface area contributed by atoms with Crippen molar-refractivity contribution in [2.24, 2.45) is 5.92 Å². The molecular formula is C9H16. The fourth-order valence-corrected chi connectivity index (χ4v) is 0.757. The molecule has 0 bridgehead atoms. The van der Waals surface area contributed by atoms with E-state index in [1.165, 1.54) is 12.8 Å². The molecule has 0 unspecified atom stereocenters. The van der Waals surface area contributed by atoms with Gasteiger partial charge in [0.25, 0.3) is 0 Å². The second-order valence-corrected chi connectivity index (χ2v) is 2.20. The van der Waals surface area contributed by atoms with E-state index in [-0.39, 0.29) is 0 Å². The van der Waals surface area contributed by atoms with Gasteiger partial charge in [-0.15, -0.1) is 5.73 Å². The summed E-state index contributed by atoms with van der Waals surface area (Å²) in [5.74, 6) is 0.737. The van der Waals surface area contributed by atoms with Crippen LogP contribution in [0, 0.1) is 5.92 Å². The summed E-state index contributed by atoms with van der Waals surface area (Å²) < 4.78 is 0. The first-order valence-corrected chi connectivity index (χ1v) is 3.72. The molecular weight excluding hydrogens is 108 g/mol. The van der Waals surface area contributed by atoms with Crippen LogP contribution < -0.4 is 0 Å². The number of hydrogen-bond donors (Lipinski definition) is 0. The highest BCUT2D eigenvalue weighted by Crippen LogP contribution is 2.07. The van der Waals surface area contributed by atoms with Crippen LogP contribution in [0.25, 0.3) is 0 Å². The maximum absolute atomic E-state index is 3.10.